The standard InChI is InChI=1S/C17H23NO5/c1-10-8-14(22-3)15(23-4)9-13(10)16(19)18-7-5-6-12(11(18)2)17(20)21/h8-9,11-12H,5-7H2,1-4H3,(H,20,21)/t11-,12-/m0/s1. The minimum Gasteiger partial charge on any atom is -0.493 e. The summed E-state index contributed by atoms with van der Waals surface area (Å²) in [6, 6.07) is 3.09. The van der Waals surface area contributed by atoms with E-state index in [1.54, 1.807) is 31.1 Å². The van der Waals surface area contributed by atoms with Gasteiger partial charge in [0, 0.05) is 18.2 Å². The third-order valence-corrected chi connectivity index (χ3v) is 4.53. The molecular formula is C17H23NO5. The lowest BCUT2D eigenvalue weighted by molar-refractivity contribution is -0.144. The summed E-state index contributed by atoms with van der Waals surface area (Å²) in [6.45, 7) is 4.20. The first-order chi connectivity index (χ1) is 10.9. The minimum absolute atomic E-state index is 0.165. The molecule has 1 saturated heterocycles. The largest absolute Gasteiger partial charge is 0.493 e. The van der Waals surface area contributed by atoms with Gasteiger partial charge in [-0.3, -0.25) is 9.59 Å². The molecule has 126 valence electrons. The van der Waals surface area contributed by atoms with Gasteiger partial charge in [-0.15, -0.1) is 0 Å². The van der Waals surface area contributed by atoms with E-state index in [4.69, 9.17) is 9.47 Å². The number of aryl methyl sites for hydroxylation is 1. The van der Waals surface area contributed by atoms with Crippen molar-refractivity contribution < 1.29 is 24.2 Å². The van der Waals surface area contributed by atoms with Crippen LogP contribution in [0.5, 0.6) is 11.5 Å². The fraction of sp³-hybridized carbons (Fsp3) is 0.529. The quantitative estimate of drug-likeness (QED) is 0.921. The highest BCUT2D eigenvalue weighted by atomic mass is 16.5. The molecule has 0 aliphatic carbocycles. The first-order valence-corrected chi connectivity index (χ1v) is 7.67. The van der Waals surface area contributed by atoms with E-state index in [0.29, 0.717) is 36.4 Å². The summed E-state index contributed by atoms with van der Waals surface area (Å²) >= 11 is 0. The third-order valence-electron chi connectivity index (χ3n) is 4.53. The SMILES string of the molecule is COc1cc(C)c(C(=O)N2CCC[C@H](C(=O)O)[C@@H]2C)cc1OC. The van der Waals surface area contributed by atoms with Crippen LogP contribution < -0.4 is 9.47 Å². The predicted molar refractivity (Wildman–Crippen MR) is 85.1 cm³/mol. The number of methoxy groups -OCH3 is 2. The first kappa shape index (κ1) is 17.1. The highest BCUT2D eigenvalue weighted by molar-refractivity contribution is 5.97. The molecule has 6 heteroatoms. The van der Waals surface area contributed by atoms with Gasteiger partial charge in [0.05, 0.1) is 20.1 Å². The number of hydrogen-bond donors (Lipinski definition) is 1. The Kier molecular flexibility index (Phi) is 5.13. The normalized spacial score (nSPS) is 21.0. The lowest BCUT2D eigenvalue weighted by Gasteiger charge is -2.37. The highest BCUT2D eigenvalue weighted by Crippen LogP contribution is 2.32. The number of likely N-dealkylation sites (tertiary alicyclic amines) is 1. The number of nitrogens with zero attached hydrogens (tertiary/aromatic N) is 1. The van der Waals surface area contributed by atoms with Crippen molar-refractivity contribution >= 4 is 11.9 Å². The Morgan fingerprint density at radius 3 is 2.39 bits per heavy atom. The summed E-state index contributed by atoms with van der Waals surface area (Å²) in [5.74, 6) is -0.480. The molecule has 1 amide bonds. The Labute approximate surface area is 136 Å². The third kappa shape index (κ3) is 3.25. The number of carbonyl (C=O) groups excluding carboxylic acids is 1. The van der Waals surface area contributed by atoms with E-state index < -0.39 is 11.9 Å². The lowest BCUT2D eigenvalue weighted by atomic mass is 9.89. The molecule has 2 rings (SSSR count). The molecule has 0 bridgehead atoms. The molecule has 1 fully saturated rings. The summed E-state index contributed by atoms with van der Waals surface area (Å²) in [5, 5.41) is 9.31. The van der Waals surface area contributed by atoms with Crippen LogP contribution in [-0.2, 0) is 4.79 Å². The molecule has 1 aliphatic rings. The number of piperidine rings is 1. The van der Waals surface area contributed by atoms with E-state index in [0.717, 1.165) is 5.56 Å². The second-order valence-corrected chi connectivity index (χ2v) is 5.85. The molecule has 0 radical (unpaired) electrons. The van der Waals surface area contributed by atoms with Gasteiger partial charge in [0.15, 0.2) is 11.5 Å². The van der Waals surface area contributed by atoms with Crippen molar-refractivity contribution in [3.63, 3.8) is 0 Å². The summed E-state index contributed by atoms with van der Waals surface area (Å²) in [5.41, 5.74) is 1.29. The number of benzene rings is 1. The van der Waals surface area contributed by atoms with E-state index >= 15 is 0 Å². The molecule has 0 spiro atoms. The van der Waals surface area contributed by atoms with Gasteiger partial charge >= 0.3 is 5.97 Å². The Hall–Kier alpha value is -2.24. The number of hydrogen-bond acceptors (Lipinski definition) is 4. The van der Waals surface area contributed by atoms with Crippen LogP contribution in [-0.4, -0.2) is 48.7 Å². The monoisotopic (exact) mass is 321 g/mol. The van der Waals surface area contributed by atoms with E-state index in [9.17, 15) is 14.7 Å². The van der Waals surface area contributed by atoms with E-state index in [2.05, 4.69) is 0 Å². The van der Waals surface area contributed by atoms with Gasteiger partial charge in [0.25, 0.3) is 5.91 Å². The maximum atomic E-state index is 12.9. The number of ether oxygens (including phenoxy) is 2. The zero-order valence-electron chi connectivity index (χ0n) is 14.0. The van der Waals surface area contributed by atoms with Gasteiger partial charge in [-0.1, -0.05) is 0 Å². The van der Waals surface area contributed by atoms with Crippen molar-refractivity contribution in [3.8, 4) is 11.5 Å². The van der Waals surface area contributed by atoms with Crippen molar-refractivity contribution in [2.45, 2.75) is 32.7 Å². The second kappa shape index (κ2) is 6.89. The van der Waals surface area contributed by atoms with Crippen LogP contribution in [0.2, 0.25) is 0 Å². The summed E-state index contributed by atoms with van der Waals surface area (Å²) < 4.78 is 10.5. The molecule has 1 heterocycles. The molecular weight excluding hydrogens is 298 g/mol. The number of aliphatic carboxylic acids is 1. The Morgan fingerprint density at radius 1 is 1.22 bits per heavy atom. The lowest BCUT2D eigenvalue weighted by Crippen LogP contribution is -2.49. The molecule has 1 aromatic carbocycles. The molecule has 0 unspecified atom stereocenters. The maximum absolute atomic E-state index is 12.9. The molecule has 1 N–H and O–H groups in total. The minimum atomic E-state index is -0.848. The van der Waals surface area contributed by atoms with E-state index in [1.165, 1.54) is 7.11 Å². The fourth-order valence-electron chi connectivity index (χ4n) is 3.13. The first-order valence-electron chi connectivity index (χ1n) is 7.67. The molecule has 23 heavy (non-hydrogen) atoms. The van der Waals surface area contributed by atoms with Crippen LogP contribution >= 0.6 is 0 Å². The topological polar surface area (TPSA) is 76.1 Å². The smallest absolute Gasteiger partial charge is 0.308 e. The Bertz CT molecular complexity index is 613. The van der Waals surface area contributed by atoms with Crippen molar-refractivity contribution in [3.05, 3.63) is 23.3 Å². The van der Waals surface area contributed by atoms with Crippen LogP contribution in [0.15, 0.2) is 12.1 Å². The summed E-state index contributed by atoms with van der Waals surface area (Å²) in [7, 11) is 3.06. The van der Waals surface area contributed by atoms with Crippen molar-refractivity contribution in [2.24, 2.45) is 5.92 Å². The summed E-state index contributed by atoms with van der Waals surface area (Å²) in [4.78, 5) is 25.9. The molecule has 6 nitrogen and oxygen atoms in total. The zero-order chi connectivity index (χ0) is 17.1. The average molecular weight is 321 g/mol. The summed E-state index contributed by atoms with van der Waals surface area (Å²) in [6.07, 6.45) is 1.30. The van der Waals surface area contributed by atoms with Crippen molar-refractivity contribution in [1.29, 1.82) is 0 Å². The number of carboxylic acid groups (broad SMARTS) is 1. The molecule has 0 aromatic heterocycles. The Morgan fingerprint density at radius 2 is 1.83 bits per heavy atom. The number of carboxylic acids is 1. The van der Waals surface area contributed by atoms with Gasteiger partial charge in [-0.05, 0) is 44.4 Å². The van der Waals surface area contributed by atoms with Gasteiger partial charge in [-0.25, -0.2) is 0 Å². The second-order valence-electron chi connectivity index (χ2n) is 5.85. The van der Waals surface area contributed by atoms with E-state index in [1.807, 2.05) is 6.92 Å². The van der Waals surface area contributed by atoms with Gasteiger partial charge in [-0.2, -0.15) is 0 Å². The average Bonchev–Trinajstić information content (AvgIpc) is 2.53. The van der Waals surface area contributed by atoms with Crippen LogP contribution in [0, 0.1) is 12.8 Å². The maximum Gasteiger partial charge on any atom is 0.308 e. The van der Waals surface area contributed by atoms with Gasteiger partial charge in [0.1, 0.15) is 0 Å². The van der Waals surface area contributed by atoms with Gasteiger partial charge in [0.2, 0.25) is 0 Å². The van der Waals surface area contributed by atoms with Crippen LogP contribution in [0.4, 0.5) is 0 Å². The number of amides is 1. The molecule has 2 atom stereocenters. The van der Waals surface area contributed by atoms with Gasteiger partial charge < -0.3 is 19.5 Å². The van der Waals surface area contributed by atoms with Crippen molar-refractivity contribution in [2.75, 3.05) is 20.8 Å². The number of carbonyl (C=O) groups is 2. The van der Waals surface area contributed by atoms with Crippen LogP contribution in [0.3, 0.4) is 0 Å². The number of rotatable bonds is 4. The van der Waals surface area contributed by atoms with Crippen molar-refractivity contribution in [1.82, 2.24) is 4.90 Å². The zero-order valence-corrected chi connectivity index (χ0v) is 14.0. The highest BCUT2D eigenvalue weighted by Gasteiger charge is 2.36. The molecule has 0 saturated carbocycles. The Balaban J connectivity index is 2.34. The van der Waals surface area contributed by atoms with Crippen LogP contribution in [0.25, 0.3) is 0 Å². The molecule has 1 aromatic rings. The predicted octanol–water partition coefficient (Wildman–Crippen LogP) is 2.34. The van der Waals surface area contributed by atoms with E-state index in [-0.39, 0.29) is 11.9 Å². The van der Waals surface area contributed by atoms with Crippen LogP contribution in [0.1, 0.15) is 35.7 Å². The molecule has 1 aliphatic heterocycles. The fourth-order valence-corrected chi connectivity index (χ4v) is 3.13.